The number of nitrogens with two attached hydrogens (primary N) is 1. The van der Waals surface area contributed by atoms with Crippen LogP contribution < -0.4 is 5.73 Å². The van der Waals surface area contributed by atoms with E-state index in [0.29, 0.717) is 12.7 Å². The zero-order chi connectivity index (χ0) is 13.8. The Morgan fingerprint density at radius 2 is 1.85 bits per heavy atom. The van der Waals surface area contributed by atoms with Crippen molar-refractivity contribution < 1.29 is 9.47 Å². The first-order valence-corrected chi connectivity index (χ1v) is 7.27. The molecule has 0 aromatic heterocycles. The van der Waals surface area contributed by atoms with Crippen LogP contribution in [0.4, 0.5) is 0 Å². The summed E-state index contributed by atoms with van der Waals surface area (Å²) in [5.41, 5.74) is 7.48. The predicted molar refractivity (Wildman–Crippen MR) is 80.7 cm³/mol. The van der Waals surface area contributed by atoms with Crippen molar-refractivity contribution in [2.45, 2.75) is 25.0 Å². The number of rotatable bonds is 4. The van der Waals surface area contributed by atoms with Gasteiger partial charge in [-0.15, -0.1) is 0 Å². The first-order valence-electron chi connectivity index (χ1n) is 7.27. The molecule has 1 aliphatic heterocycles. The van der Waals surface area contributed by atoms with Gasteiger partial charge >= 0.3 is 0 Å². The molecule has 0 radical (unpaired) electrons. The maximum Gasteiger partial charge on any atom is 0.0663 e. The standard InChI is InChI=1S/C17H21NO2/c18-17(12-20-14-8-10-19-11-9-14)16-7-3-5-13-4-1-2-6-15(13)16/h1-7,14,17H,8-12,18H2. The number of ether oxygens (including phenoxy) is 2. The molecule has 0 spiro atoms. The smallest absolute Gasteiger partial charge is 0.0663 e. The molecule has 1 aliphatic rings. The number of hydrogen-bond donors (Lipinski definition) is 1. The molecule has 3 rings (SSSR count). The van der Waals surface area contributed by atoms with E-state index in [1.807, 2.05) is 0 Å². The molecule has 0 bridgehead atoms. The van der Waals surface area contributed by atoms with Crippen LogP contribution in [0.5, 0.6) is 0 Å². The van der Waals surface area contributed by atoms with E-state index in [4.69, 9.17) is 15.2 Å². The summed E-state index contributed by atoms with van der Waals surface area (Å²) in [5.74, 6) is 0. The quantitative estimate of drug-likeness (QED) is 0.929. The Labute approximate surface area is 119 Å². The molecule has 2 N–H and O–H groups in total. The van der Waals surface area contributed by atoms with Gasteiger partial charge in [-0.05, 0) is 29.2 Å². The Balaban J connectivity index is 1.70. The van der Waals surface area contributed by atoms with Crippen LogP contribution in [0, 0.1) is 0 Å². The molecule has 1 atom stereocenters. The molecule has 0 aliphatic carbocycles. The Bertz CT molecular complexity index is 558. The average molecular weight is 271 g/mol. The van der Waals surface area contributed by atoms with Crippen LogP contribution in [0.3, 0.4) is 0 Å². The highest BCUT2D eigenvalue weighted by molar-refractivity contribution is 5.86. The second kappa shape index (κ2) is 6.35. The van der Waals surface area contributed by atoms with Crippen molar-refractivity contribution in [1.82, 2.24) is 0 Å². The molecule has 106 valence electrons. The van der Waals surface area contributed by atoms with Gasteiger partial charge in [0.15, 0.2) is 0 Å². The molecule has 1 fully saturated rings. The summed E-state index contributed by atoms with van der Waals surface area (Å²) in [4.78, 5) is 0. The summed E-state index contributed by atoms with van der Waals surface area (Å²) in [6.07, 6.45) is 2.25. The highest BCUT2D eigenvalue weighted by Crippen LogP contribution is 2.24. The minimum Gasteiger partial charge on any atom is -0.381 e. The van der Waals surface area contributed by atoms with E-state index in [2.05, 4.69) is 42.5 Å². The van der Waals surface area contributed by atoms with E-state index in [1.165, 1.54) is 10.8 Å². The topological polar surface area (TPSA) is 44.5 Å². The van der Waals surface area contributed by atoms with Crippen LogP contribution in [-0.4, -0.2) is 25.9 Å². The number of benzene rings is 2. The fraction of sp³-hybridized carbons (Fsp3) is 0.412. The van der Waals surface area contributed by atoms with Crippen molar-refractivity contribution >= 4 is 10.8 Å². The van der Waals surface area contributed by atoms with E-state index < -0.39 is 0 Å². The normalized spacial score (nSPS) is 18.2. The van der Waals surface area contributed by atoms with E-state index in [1.54, 1.807) is 0 Å². The summed E-state index contributed by atoms with van der Waals surface area (Å²) >= 11 is 0. The van der Waals surface area contributed by atoms with Gasteiger partial charge in [-0.2, -0.15) is 0 Å². The molecular weight excluding hydrogens is 250 g/mol. The van der Waals surface area contributed by atoms with Crippen LogP contribution in [0.15, 0.2) is 42.5 Å². The highest BCUT2D eigenvalue weighted by Gasteiger charge is 2.17. The van der Waals surface area contributed by atoms with Crippen molar-refractivity contribution in [3.05, 3.63) is 48.0 Å². The molecule has 2 aromatic rings. The third-order valence-corrected chi connectivity index (χ3v) is 3.90. The van der Waals surface area contributed by atoms with Crippen LogP contribution >= 0.6 is 0 Å². The van der Waals surface area contributed by atoms with Gasteiger partial charge in [-0.3, -0.25) is 0 Å². The van der Waals surface area contributed by atoms with E-state index in [-0.39, 0.29) is 6.04 Å². The van der Waals surface area contributed by atoms with Gasteiger partial charge in [0.2, 0.25) is 0 Å². The molecule has 0 saturated carbocycles. The van der Waals surface area contributed by atoms with Crippen molar-refractivity contribution in [1.29, 1.82) is 0 Å². The summed E-state index contributed by atoms with van der Waals surface area (Å²) < 4.78 is 11.3. The first kappa shape index (κ1) is 13.6. The second-order valence-corrected chi connectivity index (χ2v) is 5.32. The van der Waals surface area contributed by atoms with Crippen molar-refractivity contribution in [3.63, 3.8) is 0 Å². The predicted octanol–water partition coefficient (Wildman–Crippen LogP) is 3.04. The molecule has 0 amide bonds. The fourth-order valence-corrected chi connectivity index (χ4v) is 2.75. The number of hydrogen-bond acceptors (Lipinski definition) is 3. The molecule has 3 nitrogen and oxygen atoms in total. The summed E-state index contributed by atoms with van der Waals surface area (Å²) in [6, 6.07) is 14.5. The lowest BCUT2D eigenvalue weighted by Crippen LogP contribution is -2.27. The zero-order valence-corrected chi connectivity index (χ0v) is 11.6. The van der Waals surface area contributed by atoms with Crippen molar-refractivity contribution in [2.75, 3.05) is 19.8 Å². The maximum absolute atomic E-state index is 6.32. The highest BCUT2D eigenvalue weighted by atomic mass is 16.5. The number of fused-ring (bicyclic) bond motifs is 1. The molecule has 1 heterocycles. The molecule has 3 heteroatoms. The average Bonchev–Trinajstić information content (AvgIpc) is 2.53. The molecule has 1 unspecified atom stereocenters. The second-order valence-electron chi connectivity index (χ2n) is 5.32. The van der Waals surface area contributed by atoms with E-state index >= 15 is 0 Å². The summed E-state index contributed by atoms with van der Waals surface area (Å²) in [6.45, 7) is 2.17. The Morgan fingerprint density at radius 1 is 1.10 bits per heavy atom. The molecule has 2 aromatic carbocycles. The Kier molecular flexibility index (Phi) is 4.31. The summed E-state index contributed by atoms with van der Waals surface area (Å²) in [7, 11) is 0. The van der Waals surface area contributed by atoms with Crippen LogP contribution in [-0.2, 0) is 9.47 Å². The monoisotopic (exact) mass is 271 g/mol. The minimum atomic E-state index is -0.0797. The van der Waals surface area contributed by atoms with E-state index in [9.17, 15) is 0 Å². The van der Waals surface area contributed by atoms with Gasteiger partial charge < -0.3 is 15.2 Å². The maximum atomic E-state index is 6.32. The molecule has 1 saturated heterocycles. The Morgan fingerprint density at radius 3 is 2.70 bits per heavy atom. The lowest BCUT2D eigenvalue weighted by atomic mass is 9.99. The largest absolute Gasteiger partial charge is 0.381 e. The van der Waals surface area contributed by atoms with Crippen LogP contribution in [0.1, 0.15) is 24.4 Å². The zero-order valence-electron chi connectivity index (χ0n) is 11.6. The van der Waals surface area contributed by atoms with Gasteiger partial charge in [0.1, 0.15) is 0 Å². The lowest BCUT2D eigenvalue weighted by Gasteiger charge is -2.24. The first-order chi connectivity index (χ1) is 9.84. The van der Waals surface area contributed by atoms with Crippen LogP contribution in [0.2, 0.25) is 0 Å². The van der Waals surface area contributed by atoms with Gasteiger partial charge in [0.25, 0.3) is 0 Å². The van der Waals surface area contributed by atoms with Gasteiger partial charge in [0.05, 0.1) is 18.8 Å². The SMILES string of the molecule is NC(COC1CCOCC1)c1cccc2ccccc12. The van der Waals surface area contributed by atoms with E-state index in [0.717, 1.165) is 31.6 Å². The third-order valence-electron chi connectivity index (χ3n) is 3.90. The van der Waals surface area contributed by atoms with Crippen molar-refractivity contribution in [3.8, 4) is 0 Å². The van der Waals surface area contributed by atoms with Crippen molar-refractivity contribution in [2.24, 2.45) is 5.73 Å². The van der Waals surface area contributed by atoms with Gasteiger partial charge in [0, 0.05) is 13.2 Å². The fourth-order valence-electron chi connectivity index (χ4n) is 2.75. The Hall–Kier alpha value is -1.42. The minimum absolute atomic E-state index is 0.0797. The third kappa shape index (κ3) is 3.01. The summed E-state index contributed by atoms with van der Waals surface area (Å²) in [5, 5.41) is 2.45. The van der Waals surface area contributed by atoms with Crippen LogP contribution in [0.25, 0.3) is 10.8 Å². The molecular formula is C17H21NO2. The van der Waals surface area contributed by atoms with Gasteiger partial charge in [-0.1, -0.05) is 42.5 Å². The molecule has 20 heavy (non-hydrogen) atoms. The lowest BCUT2D eigenvalue weighted by molar-refractivity contribution is -0.0357. The van der Waals surface area contributed by atoms with Gasteiger partial charge in [-0.25, -0.2) is 0 Å².